The Hall–Kier alpha value is -3.11. The van der Waals surface area contributed by atoms with Crippen LogP contribution in [-0.2, 0) is 0 Å². The van der Waals surface area contributed by atoms with Gasteiger partial charge in [-0.3, -0.25) is 10.1 Å². The van der Waals surface area contributed by atoms with Crippen LogP contribution >= 0.6 is 11.8 Å². The summed E-state index contributed by atoms with van der Waals surface area (Å²) in [7, 11) is 0. The smallest absolute Gasteiger partial charge is 0.258 e. The molecule has 3 nitrogen and oxygen atoms in total. The van der Waals surface area contributed by atoms with Crippen LogP contribution in [0.15, 0.2) is 89.2 Å². The van der Waals surface area contributed by atoms with Crippen molar-refractivity contribution in [3.63, 3.8) is 0 Å². The van der Waals surface area contributed by atoms with Gasteiger partial charge in [-0.1, -0.05) is 85.1 Å². The van der Waals surface area contributed by atoms with E-state index in [1.165, 1.54) is 11.8 Å². The minimum absolute atomic E-state index is 0.109. The highest BCUT2D eigenvalue weighted by molar-refractivity contribution is 7.99. The van der Waals surface area contributed by atoms with Crippen LogP contribution in [0.1, 0.15) is 16.7 Å². The van der Waals surface area contributed by atoms with Crippen LogP contribution in [0.5, 0.6) is 0 Å². The molecular formula is C22H17NO2S. The number of nitrogens with zero attached hydrogens (tertiary/aromatic N) is 1. The minimum Gasteiger partial charge on any atom is -0.258 e. The van der Waals surface area contributed by atoms with Crippen molar-refractivity contribution in [3.05, 3.63) is 106 Å². The van der Waals surface area contributed by atoms with E-state index in [9.17, 15) is 10.1 Å². The van der Waals surface area contributed by atoms with Gasteiger partial charge in [-0.15, -0.1) is 0 Å². The fraction of sp³-hybridized carbons (Fsp3) is 0. The minimum atomic E-state index is -0.333. The predicted octanol–water partition coefficient (Wildman–Crippen LogP) is 6.56. The Morgan fingerprint density at radius 3 is 2.15 bits per heavy atom. The maximum atomic E-state index is 11.5. The normalized spacial score (nSPS) is 10.8. The molecule has 0 aromatic heterocycles. The topological polar surface area (TPSA) is 43.1 Å². The average molecular weight is 359 g/mol. The Bertz CT molecular complexity index is 948. The monoisotopic (exact) mass is 359 g/mol. The molecule has 0 aliphatic heterocycles. The fourth-order valence-electron chi connectivity index (χ4n) is 2.42. The summed E-state index contributed by atoms with van der Waals surface area (Å²) in [5.41, 5.74) is 2.98. The second-order valence-electron chi connectivity index (χ2n) is 5.60. The molecule has 0 spiro atoms. The van der Waals surface area contributed by atoms with Gasteiger partial charge in [0.2, 0.25) is 0 Å². The largest absolute Gasteiger partial charge is 0.283 e. The summed E-state index contributed by atoms with van der Waals surface area (Å²) < 4.78 is 0. The van der Waals surface area contributed by atoms with E-state index in [2.05, 4.69) is 6.58 Å². The van der Waals surface area contributed by atoms with Gasteiger partial charge in [0.15, 0.2) is 0 Å². The first-order valence-corrected chi connectivity index (χ1v) is 8.89. The van der Waals surface area contributed by atoms with Crippen molar-refractivity contribution in [1.82, 2.24) is 0 Å². The standard InChI is InChI=1S/C22H17NO2S/c1-2-17-10-13-20(14-11-17)26-22-15-12-19(16-21(22)23(24)25)9-8-18-6-4-3-5-7-18/h2-16H,1H2/b9-8-. The first-order chi connectivity index (χ1) is 12.7. The first-order valence-electron chi connectivity index (χ1n) is 8.07. The van der Waals surface area contributed by atoms with Gasteiger partial charge in [0, 0.05) is 11.0 Å². The van der Waals surface area contributed by atoms with Gasteiger partial charge in [-0.05, 0) is 34.9 Å². The van der Waals surface area contributed by atoms with E-state index in [1.807, 2.05) is 72.8 Å². The van der Waals surface area contributed by atoms with E-state index < -0.39 is 0 Å². The van der Waals surface area contributed by atoms with Crippen LogP contribution in [0.2, 0.25) is 0 Å². The van der Waals surface area contributed by atoms with Crippen molar-refractivity contribution in [2.75, 3.05) is 0 Å². The van der Waals surface area contributed by atoms with Gasteiger partial charge >= 0.3 is 0 Å². The lowest BCUT2D eigenvalue weighted by atomic mass is 10.1. The maximum absolute atomic E-state index is 11.5. The molecule has 0 N–H and O–H groups in total. The summed E-state index contributed by atoms with van der Waals surface area (Å²) in [5, 5.41) is 11.5. The molecule has 0 aliphatic carbocycles. The second-order valence-corrected chi connectivity index (χ2v) is 6.72. The molecule has 0 fully saturated rings. The average Bonchev–Trinajstić information content (AvgIpc) is 2.68. The molecule has 3 rings (SSSR count). The molecule has 0 unspecified atom stereocenters. The van der Waals surface area contributed by atoms with Crippen LogP contribution in [0, 0.1) is 10.1 Å². The van der Waals surface area contributed by atoms with Gasteiger partial charge in [0.05, 0.1) is 9.82 Å². The SMILES string of the molecule is C=Cc1ccc(Sc2ccc(/C=C\c3ccccc3)cc2[N+](=O)[O-])cc1. The molecule has 0 atom stereocenters. The first kappa shape index (κ1) is 17.7. The summed E-state index contributed by atoms with van der Waals surface area (Å²) in [6.07, 6.45) is 5.60. The molecule has 0 saturated carbocycles. The summed E-state index contributed by atoms with van der Waals surface area (Å²) in [6.45, 7) is 3.73. The van der Waals surface area contributed by atoms with Gasteiger partial charge in [-0.25, -0.2) is 0 Å². The van der Waals surface area contributed by atoms with E-state index in [4.69, 9.17) is 0 Å². The van der Waals surface area contributed by atoms with Crippen molar-refractivity contribution >= 4 is 35.7 Å². The van der Waals surface area contributed by atoms with E-state index >= 15 is 0 Å². The maximum Gasteiger partial charge on any atom is 0.283 e. The molecule has 3 aromatic rings. The van der Waals surface area contributed by atoms with Crippen LogP contribution < -0.4 is 0 Å². The molecule has 0 heterocycles. The quantitative estimate of drug-likeness (QED) is 0.284. The second kappa shape index (κ2) is 8.32. The zero-order valence-corrected chi connectivity index (χ0v) is 14.9. The molecule has 4 heteroatoms. The third-order valence-corrected chi connectivity index (χ3v) is 4.86. The number of nitro groups is 1. The van der Waals surface area contributed by atoms with Crippen LogP contribution in [0.4, 0.5) is 5.69 Å². The van der Waals surface area contributed by atoms with Crippen LogP contribution in [-0.4, -0.2) is 4.92 Å². The lowest BCUT2D eigenvalue weighted by Gasteiger charge is -2.05. The number of hydrogen-bond acceptors (Lipinski definition) is 3. The van der Waals surface area contributed by atoms with Gasteiger partial charge in [0.1, 0.15) is 0 Å². The molecule has 0 amide bonds. The molecule has 0 saturated heterocycles. The molecule has 0 radical (unpaired) electrons. The lowest BCUT2D eigenvalue weighted by Crippen LogP contribution is -1.91. The third-order valence-electron chi connectivity index (χ3n) is 3.79. The van der Waals surface area contributed by atoms with Gasteiger partial charge < -0.3 is 0 Å². The fourth-order valence-corrected chi connectivity index (χ4v) is 3.32. The number of hydrogen-bond donors (Lipinski definition) is 0. The Morgan fingerprint density at radius 2 is 1.50 bits per heavy atom. The summed E-state index contributed by atoms with van der Waals surface area (Å²) >= 11 is 1.38. The molecular weight excluding hydrogens is 342 g/mol. The highest BCUT2D eigenvalue weighted by Crippen LogP contribution is 2.35. The number of rotatable bonds is 6. The van der Waals surface area contributed by atoms with Gasteiger partial charge in [0.25, 0.3) is 5.69 Å². The van der Waals surface area contributed by atoms with Crippen LogP contribution in [0.3, 0.4) is 0 Å². The highest BCUT2D eigenvalue weighted by Gasteiger charge is 2.15. The van der Waals surface area contributed by atoms with Crippen molar-refractivity contribution < 1.29 is 4.92 Å². The molecule has 128 valence electrons. The Kier molecular flexibility index (Phi) is 5.66. The highest BCUT2D eigenvalue weighted by atomic mass is 32.2. The Labute approximate surface area is 156 Å². The van der Waals surface area contributed by atoms with Crippen molar-refractivity contribution in [2.45, 2.75) is 9.79 Å². The van der Waals surface area contributed by atoms with Crippen molar-refractivity contribution in [1.29, 1.82) is 0 Å². The van der Waals surface area contributed by atoms with Crippen molar-refractivity contribution in [2.24, 2.45) is 0 Å². The lowest BCUT2D eigenvalue weighted by molar-refractivity contribution is -0.387. The van der Waals surface area contributed by atoms with E-state index in [0.717, 1.165) is 21.6 Å². The summed E-state index contributed by atoms with van der Waals surface area (Å²) in [4.78, 5) is 12.7. The Morgan fingerprint density at radius 1 is 0.846 bits per heavy atom. The zero-order chi connectivity index (χ0) is 18.4. The summed E-state index contributed by atoms with van der Waals surface area (Å²) in [5.74, 6) is 0. The predicted molar refractivity (Wildman–Crippen MR) is 109 cm³/mol. The molecule has 3 aromatic carbocycles. The molecule has 0 bridgehead atoms. The number of nitro benzene ring substituents is 1. The van der Waals surface area contributed by atoms with E-state index in [1.54, 1.807) is 18.2 Å². The van der Waals surface area contributed by atoms with Gasteiger partial charge in [-0.2, -0.15) is 0 Å². The zero-order valence-electron chi connectivity index (χ0n) is 14.0. The Balaban J connectivity index is 1.85. The molecule has 0 aliphatic rings. The van der Waals surface area contributed by atoms with Crippen molar-refractivity contribution in [3.8, 4) is 0 Å². The van der Waals surface area contributed by atoms with Crippen LogP contribution in [0.25, 0.3) is 18.2 Å². The van der Waals surface area contributed by atoms with E-state index in [-0.39, 0.29) is 10.6 Å². The number of benzene rings is 3. The summed E-state index contributed by atoms with van der Waals surface area (Å²) in [6, 6.07) is 22.9. The third kappa shape index (κ3) is 4.49. The molecule has 26 heavy (non-hydrogen) atoms. The van der Waals surface area contributed by atoms with E-state index in [0.29, 0.717) is 4.90 Å².